The summed E-state index contributed by atoms with van der Waals surface area (Å²) in [6.45, 7) is 4.80. The fraction of sp³-hybridized carbons (Fsp3) is 0.357. The van der Waals surface area contributed by atoms with E-state index in [-0.39, 0.29) is 0 Å². The fourth-order valence-electron chi connectivity index (χ4n) is 1.98. The molecule has 1 N–H and O–H groups in total. The van der Waals surface area contributed by atoms with Crippen molar-refractivity contribution in [2.75, 3.05) is 7.05 Å². The maximum atomic E-state index is 5.95. The van der Waals surface area contributed by atoms with E-state index in [1.807, 2.05) is 39.2 Å². The standard InChI is InChI=1S/C14H19N3O/c1-10-6-5-7-12(8-10)18-14-13(9-15-3)11(2)16-17(14)4/h5-8,15H,9H2,1-4H3. The van der Waals surface area contributed by atoms with Gasteiger partial charge in [-0.15, -0.1) is 0 Å². The lowest BCUT2D eigenvalue weighted by molar-refractivity contribution is 0.424. The molecule has 0 amide bonds. The third-order valence-corrected chi connectivity index (χ3v) is 2.85. The molecule has 0 radical (unpaired) electrons. The molecule has 2 aromatic rings. The van der Waals surface area contributed by atoms with Crippen molar-refractivity contribution in [3.05, 3.63) is 41.1 Å². The van der Waals surface area contributed by atoms with Crippen LogP contribution in [0.5, 0.6) is 11.6 Å². The van der Waals surface area contributed by atoms with Crippen molar-refractivity contribution in [3.63, 3.8) is 0 Å². The Bertz CT molecular complexity index is 546. The van der Waals surface area contributed by atoms with Crippen molar-refractivity contribution in [1.82, 2.24) is 15.1 Å². The molecule has 0 atom stereocenters. The molecule has 0 aliphatic rings. The van der Waals surface area contributed by atoms with Crippen LogP contribution in [0.4, 0.5) is 0 Å². The molecule has 0 saturated carbocycles. The van der Waals surface area contributed by atoms with Gasteiger partial charge in [0.1, 0.15) is 5.75 Å². The third kappa shape index (κ3) is 2.54. The lowest BCUT2D eigenvalue weighted by Crippen LogP contribution is -2.07. The molecule has 0 spiro atoms. The van der Waals surface area contributed by atoms with Gasteiger partial charge in [-0.1, -0.05) is 12.1 Å². The first-order valence-corrected chi connectivity index (χ1v) is 6.03. The summed E-state index contributed by atoms with van der Waals surface area (Å²) in [6, 6.07) is 8.02. The van der Waals surface area contributed by atoms with Gasteiger partial charge in [0.15, 0.2) is 0 Å². The molecule has 4 heteroatoms. The maximum Gasteiger partial charge on any atom is 0.222 e. The molecule has 96 valence electrons. The third-order valence-electron chi connectivity index (χ3n) is 2.85. The molecule has 2 rings (SSSR count). The lowest BCUT2D eigenvalue weighted by Gasteiger charge is -2.09. The molecule has 0 aliphatic heterocycles. The number of nitrogens with one attached hydrogen (secondary N) is 1. The van der Waals surface area contributed by atoms with Gasteiger partial charge in [0.2, 0.25) is 5.88 Å². The van der Waals surface area contributed by atoms with E-state index in [1.165, 1.54) is 5.56 Å². The molecule has 0 saturated heterocycles. The van der Waals surface area contributed by atoms with E-state index in [0.717, 1.165) is 29.4 Å². The number of hydrogen-bond donors (Lipinski definition) is 1. The Morgan fingerprint density at radius 3 is 2.78 bits per heavy atom. The highest BCUT2D eigenvalue weighted by atomic mass is 16.5. The van der Waals surface area contributed by atoms with Crippen molar-refractivity contribution in [1.29, 1.82) is 0 Å². The van der Waals surface area contributed by atoms with Crippen molar-refractivity contribution in [3.8, 4) is 11.6 Å². The van der Waals surface area contributed by atoms with Crippen LogP contribution in [0.2, 0.25) is 0 Å². The summed E-state index contributed by atoms with van der Waals surface area (Å²) in [6.07, 6.45) is 0. The molecular formula is C14H19N3O. The number of aryl methyl sites for hydroxylation is 3. The van der Waals surface area contributed by atoms with E-state index >= 15 is 0 Å². The molecule has 1 aromatic heterocycles. The second-order valence-electron chi connectivity index (χ2n) is 4.44. The minimum Gasteiger partial charge on any atom is -0.439 e. The molecule has 0 bridgehead atoms. The minimum atomic E-state index is 0.751. The number of rotatable bonds is 4. The molecule has 1 heterocycles. The van der Waals surface area contributed by atoms with Crippen LogP contribution in [0.25, 0.3) is 0 Å². The van der Waals surface area contributed by atoms with Crippen molar-refractivity contribution >= 4 is 0 Å². The Morgan fingerprint density at radius 1 is 1.33 bits per heavy atom. The summed E-state index contributed by atoms with van der Waals surface area (Å²) >= 11 is 0. The highest BCUT2D eigenvalue weighted by Crippen LogP contribution is 2.27. The SMILES string of the molecule is CNCc1c(C)nn(C)c1Oc1cccc(C)c1. The number of ether oxygens (including phenoxy) is 1. The Labute approximate surface area is 108 Å². The highest BCUT2D eigenvalue weighted by molar-refractivity contribution is 5.36. The molecule has 0 unspecified atom stereocenters. The quantitative estimate of drug-likeness (QED) is 0.899. The Hall–Kier alpha value is -1.81. The van der Waals surface area contributed by atoms with Gasteiger partial charge in [-0.25, -0.2) is 4.68 Å². The van der Waals surface area contributed by atoms with Crippen LogP contribution in [-0.4, -0.2) is 16.8 Å². The van der Waals surface area contributed by atoms with Crippen LogP contribution in [0.1, 0.15) is 16.8 Å². The van der Waals surface area contributed by atoms with Gasteiger partial charge in [-0.2, -0.15) is 5.10 Å². The smallest absolute Gasteiger partial charge is 0.222 e. The minimum absolute atomic E-state index is 0.751. The summed E-state index contributed by atoms with van der Waals surface area (Å²) in [5, 5.41) is 7.54. The van der Waals surface area contributed by atoms with Crippen molar-refractivity contribution < 1.29 is 4.74 Å². The fourth-order valence-corrected chi connectivity index (χ4v) is 1.98. The van der Waals surface area contributed by atoms with Crippen LogP contribution in [0.3, 0.4) is 0 Å². The van der Waals surface area contributed by atoms with Crippen LogP contribution in [0.15, 0.2) is 24.3 Å². The van der Waals surface area contributed by atoms with Gasteiger partial charge < -0.3 is 10.1 Å². The average Bonchev–Trinajstić information content (AvgIpc) is 2.57. The number of aromatic nitrogens is 2. The predicted molar refractivity (Wildman–Crippen MR) is 72.0 cm³/mol. The first-order valence-electron chi connectivity index (χ1n) is 6.03. The zero-order chi connectivity index (χ0) is 13.1. The van der Waals surface area contributed by atoms with E-state index in [2.05, 4.69) is 23.4 Å². The van der Waals surface area contributed by atoms with Gasteiger partial charge in [0.05, 0.1) is 11.3 Å². The normalized spacial score (nSPS) is 10.7. The lowest BCUT2D eigenvalue weighted by atomic mass is 10.2. The first-order chi connectivity index (χ1) is 8.61. The summed E-state index contributed by atoms with van der Waals surface area (Å²) in [4.78, 5) is 0. The summed E-state index contributed by atoms with van der Waals surface area (Å²) in [7, 11) is 3.82. The molecule has 1 aromatic carbocycles. The second-order valence-corrected chi connectivity index (χ2v) is 4.44. The highest BCUT2D eigenvalue weighted by Gasteiger charge is 2.14. The zero-order valence-electron chi connectivity index (χ0n) is 11.3. The number of hydrogen-bond acceptors (Lipinski definition) is 3. The van der Waals surface area contributed by atoms with Crippen LogP contribution in [0, 0.1) is 13.8 Å². The van der Waals surface area contributed by atoms with Crippen molar-refractivity contribution in [2.24, 2.45) is 7.05 Å². The summed E-state index contributed by atoms with van der Waals surface area (Å²) < 4.78 is 7.74. The van der Waals surface area contributed by atoms with Gasteiger partial charge >= 0.3 is 0 Å². The predicted octanol–water partition coefficient (Wildman–Crippen LogP) is 2.55. The van der Waals surface area contributed by atoms with Crippen LogP contribution < -0.4 is 10.1 Å². The van der Waals surface area contributed by atoms with E-state index in [9.17, 15) is 0 Å². The zero-order valence-corrected chi connectivity index (χ0v) is 11.3. The summed E-state index contributed by atoms with van der Waals surface area (Å²) in [5.74, 6) is 1.64. The molecule has 4 nitrogen and oxygen atoms in total. The monoisotopic (exact) mass is 245 g/mol. The van der Waals surface area contributed by atoms with E-state index in [0.29, 0.717) is 0 Å². The van der Waals surface area contributed by atoms with E-state index < -0.39 is 0 Å². The maximum absolute atomic E-state index is 5.95. The number of benzene rings is 1. The molecular weight excluding hydrogens is 226 g/mol. The van der Waals surface area contributed by atoms with Crippen LogP contribution in [-0.2, 0) is 13.6 Å². The van der Waals surface area contributed by atoms with Crippen molar-refractivity contribution in [2.45, 2.75) is 20.4 Å². The Morgan fingerprint density at radius 2 is 2.11 bits per heavy atom. The van der Waals surface area contributed by atoms with E-state index in [4.69, 9.17) is 4.74 Å². The largest absolute Gasteiger partial charge is 0.439 e. The number of nitrogens with zero attached hydrogens (tertiary/aromatic N) is 2. The van der Waals surface area contributed by atoms with Gasteiger partial charge in [0.25, 0.3) is 0 Å². The molecule has 0 fully saturated rings. The van der Waals surface area contributed by atoms with Gasteiger partial charge in [-0.05, 0) is 38.6 Å². The Kier molecular flexibility index (Phi) is 3.67. The van der Waals surface area contributed by atoms with Crippen LogP contribution >= 0.6 is 0 Å². The van der Waals surface area contributed by atoms with Gasteiger partial charge in [0, 0.05) is 13.6 Å². The molecule has 0 aliphatic carbocycles. The second kappa shape index (κ2) is 5.23. The van der Waals surface area contributed by atoms with Gasteiger partial charge in [-0.3, -0.25) is 0 Å². The topological polar surface area (TPSA) is 39.1 Å². The molecule has 18 heavy (non-hydrogen) atoms. The van der Waals surface area contributed by atoms with E-state index in [1.54, 1.807) is 4.68 Å². The summed E-state index contributed by atoms with van der Waals surface area (Å²) in [5.41, 5.74) is 3.28. The first kappa shape index (κ1) is 12.6. The average molecular weight is 245 g/mol. The Balaban J connectivity index is 2.33.